The summed E-state index contributed by atoms with van der Waals surface area (Å²) in [5.74, 6) is -0.435. The van der Waals surface area contributed by atoms with Crippen molar-refractivity contribution in [3.63, 3.8) is 0 Å². The number of aliphatic imine (C=N–C) groups is 2. The van der Waals surface area contributed by atoms with Crippen molar-refractivity contribution >= 4 is 29.1 Å². The lowest BCUT2D eigenvalue weighted by molar-refractivity contribution is 0.0105. The molecule has 1 aromatic carbocycles. The van der Waals surface area contributed by atoms with Crippen molar-refractivity contribution in [1.82, 2.24) is 10.0 Å². The summed E-state index contributed by atoms with van der Waals surface area (Å²) in [6.45, 7) is 6.53. The molecule has 0 fully saturated rings. The fourth-order valence-electron chi connectivity index (χ4n) is 3.07. The van der Waals surface area contributed by atoms with Crippen LogP contribution in [-0.2, 0) is 5.41 Å². The lowest BCUT2D eigenvalue weighted by Crippen LogP contribution is -2.10. The van der Waals surface area contributed by atoms with E-state index in [-0.39, 0.29) is 11.1 Å². The molecule has 0 saturated carbocycles. The van der Waals surface area contributed by atoms with Crippen molar-refractivity contribution in [1.29, 1.82) is 0 Å². The summed E-state index contributed by atoms with van der Waals surface area (Å²) in [7, 11) is 0. The third kappa shape index (κ3) is 4.90. The van der Waals surface area contributed by atoms with Crippen LogP contribution >= 0.6 is 11.8 Å². The van der Waals surface area contributed by atoms with Gasteiger partial charge in [0.1, 0.15) is 5.69 Å². The molecule has 0 saturated heterocycles. The van der Waals surface area contributed by atoms with Crippen LogP contribution in [0.3, 0.4) is 0 Å². The number of carbonyl (C=O) groups excluding carboxylic acids is 1. The number of carbonyl (C=O) groups is 1. The summed E-state index contributed by atoms with van der Waals surface area (Å²) in [5.41, 5.74) is 4.43. The minimum atomic E-state index is -0.435. The number of pyridine rings is 1. The molecule has 1 N–H and O–H groups in total. The fourth-order valence-corrected chi connectivity index (χ4v) is 3.86. The SMILES string of the molecule is CC(C)(C)c1ccc(-c2ccnc(C(=O)N=C3N=CC(=C4C=CN(O)C=C4)S3)c2)cc1. The highest BCUT2D eigenvalue weighted by Crippen LogP contribution is 2.29. The number of hydrogen-bond acceptors (Lipinski definition) is 5. The first-order valence-corrected chi connectivity index (χ1v) is 10.6. The van der Waals surface area contributed by atoms with E-state index < -0.39 is 5.91 Å². The predicted octanol–water partition coefficient (Wildman–Crippen LogP) is 5.35. The highest BCUT2D eigenvalue weighted by Gasteiger charge is 2.17. The Balaban J connectivity index is 1.52. The Morgan fingerprint density at radius 3 is 2.45 bits per heavy atom. The van der Waals surface area contributed by atoms with E-state index >= 15 is 0 Å². The highest BCUT2D eigenvalue weighted by molar-refractivity contribution is 8.18. The summed E-state index contributed by atoms with van der Waals surface area (Å²) >= 11 is 1.30. The third-order valence-corrected chi connectivity index (χ3v) is 5.79. The minimum absolute atomic E-state index is 0.0856. The second-order valence-corrected chi connectivity index (χ2v) is 9.16. The topological polar surface area (TPSA) is 78.2 Å². The normalized spacial score (nSPS) is 17.2. The fraction of sp³-hybridized carbons (Fsp3) is 0.167. The van der Waals surface area contributed by atoms with Crippen LogP contribution in [0.2, 0.25) is 0 Å². The number of benzene rings is 1. The van der Waals surface area contributed by atoms with Gasteiger partial charge in [-0.2, -0.15) is 4.99 Å². The molecule has 31 heavy (non-hydrogen) atoms. The Bertz CT molecular complexity index is 1150. The molecule has 0 spiro atoms. The van der Waals surface area contributed by atoms with Crippen LogP contribution in [0.5, 0.6) is 0 Å². The van der Waals surface area contributed by atoms with Crippen LogP contribution in [0, 0.1) is 0 Å². The van der Waals surface area contributed by atoms with Crippen molar-refractivity contribution in [2.24, 2.45) is 9.98 Å². The zero-order chi connectivity index (χ0) is 22.0. The number of amidine groups is 1. The van der Waals surface area contributed by atoms with Crippen LogP contribution in [0.1, 0.15) is 36.8 Å². The quantitative estimate of drug-likeness (QED) is 0.695. The number of hydrogen-bond donors (Lipinski definition) is 1. The molecule has 3 heterocycles. The van der Waals surface area contributed by atoms with E-state index in [1.807, 2.05) is 6.07 Å². The minimum Gasteiger partial charge on any atom is -0.285 e. The van der Waals surface area contributed by atoms with E-state index in [0.717, 1.165) is 26.7 Å². The van der Waals surface area contributed by atoms with Crippen LogP contribution < -0.4 is 0 Å². The van der Waals surface area contributed by atoms with Gasteiger partial charge in [-0.25, -0.2) is 10.1 Å². The number of rotatable bonds is 2. The molecule has 2 aromatic rings. The maximum absolute atomic E-state index is 12.7. The van der Waals surface area contributed by atoms with Gasteiger partial charge in [-0.3, -0.25) is 15.0 Å². The Labute approximate surface area is 185 Å². The number of thioether (sulfide) groups is 1. The second-order valence-electron chi connectivity index (χ2n) is 8.15. The number of amides is 1. The molecule has 0 aliphatic carbocycles. The van der Waals surface area contributed by atoms with Crippen LogP contribution in [0.4, 0.5) is 0 Å². The van der Waals surface area contributed by atoms with Gasteiger partial charge in [-0.05, 0) is 63.7 Å². The first kappa shape index (κ1) is 21.0. The largest absolute Gasteiger partial charge is 0.298 e. The third-order valence-electron chi connectivity index (χ3n) is 4.85. The zero-order valence-corrected chi connectivity index (χ0v) is 18.3. The summed E-state index contributed by atoms with van der Waals surface area (Å²) in [6, 6.07) is 12.0. The van der Waals surface area contributed by atoms with E-state index in [1.54, 1.807) is 30.6 Å². The van der Waals surface area contributed by atoms with Gasteiger partial charge >= 0.3 is 0 Å². The van der Waals surface area contributed by atoms with E-state index in [9.17, 15) is 10.0 Å². The summed E-state index contributed by atoms with van der Waals surface area (Å²) in [5, 5.41) is 10.7. The molecule has 0 radical (unpaired) electrons. The lowest BCUT2D eigenvalue weighted by Gasteiger charge is -2.19. The molecule has 1 aromatic heterocycles. The smallest absolute Gasteiger partial charge is 0.285 e. The van der Waals surface area contributed by atoms with Gasteiger partial charge in [-0.1, -0.05) is 45.0 Å². The van der Waals surface area contributed by atoms with Gasteiger partial charge in [0, 0.05) is 29.7 Å². The van der Waals surface area contributed by atoms with Gasteiger partial charge in [-0.15, -0.1) is 0 Å². The summed E-state index contributed by atoms with van der Waals surface area (Å²) in [4.78, 5) is 26.1. The van der Waals surface area contributed by atoms with Crippen LogP contribution in [-0.4, -0.2) is 32.5 Å². The average Bonchev–Trinajstić information content (AvgIpc) is 3.22. The van der Waals surface area contributed by atoms with E-state index in [4.69, 9.17) is 0 Å². The van der Waals surface area contributed by atoms with Gasteiger partial charge in [0.2, 0.25) is 0 Å². The molecular weight excluding hydrogens is 408 g/mol. The molecule has 1 amide bonds. The molecule has 6 nitrogen and oxygen atoms in total. The molecule has 2 aliphatic heterocycles. The van der Waals surface area contributed by atoms with Crippen molar-refractivity contribution < 1.29 is 10.0 Å². The first-order chi connectivity index (χ1) is 14.8. The Morgan fingerprint density at radius 2 is 1.77 bits per heavy atom. The van der Waals surface area contributed by atoms with E-state index in [0.29, 0.717) is 5.17 Å². The highest BCUT2D eigenvalue weighted by atomic mass is 32.2. The Hall–Kier alpha value is -3.29. The Morgan fingerprint density at radius 1 is 1.06 bits per heavy atom. The van der Waals surface area contributed by atoms with E-state index in [2.05, 4.69) is 60.0 Å². The molecule has 2 aliphatic rings. The number of hydroxylamine groups is 2. The number of aromatic nitrogens is 1. The van der Waals surface area contributed by atoms with Crippen molar-refractivity contribution in [3.8, 4) is 11.1 Å². The molecule has 4 rings (SSSR count). The molecule has 156 valence electrons. The average molecular weight is 431 g/mol. The van der Waals surface area contributed by atoms with Gasteiger partial charge in [0.05, 0.1) is 0 Å². The summed E-state index contributed by atoms with van der Waals surface area (Å²) < 4.78 is 0. The van der Waals surface area contributed by atoms with Gasteiger partial charge < -0.3 is 0 Å². The van der Waals surface area contributed by atoms with Crippen molar-refractivity contribution in [3.05, 3.63) is 88.9 Å². The Kier molecular flexibility index (Phi) is 5.71. The standard InChI is InChI=1S/C24H22N4O2S/c1-24(2,3)19-6-4-16(5-7-19)18-8-11-25-20(14-18)22(29)27-23-26-15-21(31-23)17-9-12-28(30)13-10-17/h4-15,30H,1-3H3. The lowest BCUT2D eigenvalue weighted by atomic mass is 9.86. The molecule has 7 heteroatoms. The monoisotopic (exact) mass is 430 g/mol. The number of allylic oxidation sites excluding steroid dienone is 4. The predicted molar refractivity (Wildman–Crippen MR) is 125 cm³/mol. The van der Waals surface area contributed by atoms with E-state index in [1.165, 1.54) is 29.7 Å². The zero-order valence-electron chi connectivity index (χ0n) is 17.5. The van der Waals surface area contributed by atoms with Gasteiger partial charge in [0.15, 0.2) is 5.17 Å². The molecular formula is C24H22N4O2S. The maximum Gasteiger partial charge on any atom is 0.298 e. The molecule has 0 atom stereocenters. The van der Waals surface area contributed by atoms with Crippen molar-refractivity contribution in [2.75, 3.05) is 0 Å². The van der Waals surface area contributed by atoms with Crippen LogP contribution in [0.25, 0.3) is 11.1 Å². The van der Waals surface area contributed by atoms with Gasteiger partial charge in [0.25, 0.3) is 5.91 Å². The molecule has 0 bridgehead atoms. The summed E-state index contributed by atoms with van der Waals surface area (Å²) in [6.07, 6.45) is 9.86. The molecule has 0 unspecified atom stereocenters. The number of nitrogens with zero attached hydrogens (tertiary/aromatic N) is 4. The first-order valence-electron chi connectivity index (χ1n) is 9.79. The van der Waals surface area contributed by atoms with Crippen molar-refractivity contribution in [2.45, 2.75) is 26.2 Å². The maximum atomic E-state index is 12.7. The van der Waals surface area contributed by atoms with Crippen LogP contribution in [0.15, 0.2) is 87.6 Å². The second kappa shape index (κ2) is 8.45.